The first-order valence-electron chi connectivity index (χ1n) is 4.30. The Labute approximate surface area is 81.2 Å². The second kappa shape index (κ2) is 3.55. The highest BCUT2D eigenvalue weighted by Crippen LogP contribution is 2.30. The Hall–Kier alpha value is -1.75. The van der Waals surface area contributed by atoms with Crippen molar-refractivity contribution in [2.45, 2.75) is 0 Å². The molecule has 1 aliphatic rings. The zero-order chi connectivity index (χ0) is 9.97. The summed E-state index contributed by atoms with van der Waals surface area (Å²) < 4.78 is 5.20. The maximum Gasteiger partial charge on any atom is 0.262 e. The van der Waals surface area contributed by atoms with E-state index in [0.29, 0.717) is 18.1 Å². The molecule has 0 saturated carbocycles. The van der Waals surface area contributed by atoms with Gasteiger partial charge in [-0.15, -0.1) is 0 Å². The second-order valence-electron chi connectivity index (χ2n) is 2.93. The molecule has 14 heavy (non-hydrogen) atoms. The molecule has 0 bridgehead atoms. The normalized spacial score (nSPS) is 13.9. The molecule has 0 radical (unpaired) electrons. The SMILES string of the molecule is NCNc1ccc2c(c1)NC(=O)CO2. The van der Waals surface area contributed by atoms with Crippen LogP contribution in [0.2, 0.25) is 0 Å². The first kappa shape index (κ1) is 8.83. The summed E-state index contributed by atoms with van der Waals surface area (Å²) in [5, 5.41) is 5.66. The molecular weight excluding hydrogens is 182 g/mol. The van der Waals surface area contributed by atoms with Crippen molar-refractivity contribution < 1.29 is 9.53 Å². The maximum absolute atomic E-state index is 11.0. The lowest BCUT2D eigenvalue weighted by atomic mass is 10.2. The van der Waals surface area contributed by atoms with Gasteiger partial charge in [0.15, 0.2) is 6.61 Å². The van der Waals surface area contributed by atoms with Crippen molar-refractivity contribution in [3.05, 3.63) is 18.2 Å². The number of carbonyl (C=O) groups excluding carboxylic acids is 1. The molecule has 0 spiro atoms. The number of ether oxygens (including phenoxy) is 1. The summed E-state index contributed by atoms with van der Waals surface area (Å²) in [5.41, 5.74) is 6.87. The van der Waals surface area contributed by atoms with E-state index >= 15 is 0 Å². The monoisotopic (exact) mass is 193 g/mol. The highest BCUT2D eigenvalue weighted by molar-refractivity contribution is 5.95. The fourth-order valence-corrected chi connectivity index (χ4v) is 1.31. The Morgan fingerprint density at radius 1 is 1.57 bits per heavy atom. The number of fused-ring (bicyclic) bond motifs is 1. The third-order valence-electron chi connectivity index (χ3n) is 1.92. The minimum Gasteiger partial charge on any atom is -0.482 e. The molecule has 1 aromatic carbocycles. The van der Waals surface area contributed by atoms with E-state index in [1.165, 1.54) is 0 Å². The van der Waals surface area contributed by atoms with E-state index in [1.807, 2.05) is 6.07 Å². The molecule has 0 saturated heterocycles. The molecular formula is C9H11N3O2. The molecule has 5 heteroatoms. The minimum absolute atomic E-state index is 0.0800. The number of hydrogen-bond donors (Lipinski definition) is 3. The first-order valence-corrected chi connectivity index (χ1v) is 4.30. The molecule has 1 aromatic rings. The predicted molar refractivity (Wildman–Crippen MR) is 53.2 cm³/mol. The fourth-order valence-electron chi connectivity index (χ4n) is 1.31. The summed E-state index contributed by atoms with van der Waals surface area (Å²) in [6.45, 7) is 0.435. The molecule has 0 atom stereocenters. The van der Waals surface area contributed by atoms with Gasteiger partial charge < -0.3 is 21.1 Å². The number of hydrogen-bond acceptors (Lipinski definition) is 4. The van der Waals surface area contributed by atoms with Gasteiger partial charge in [-0.2, -0.15) is 0 Å². The van der Waals surface area contributed by atoms with E-state index in [2.05, 4.69) is 10.6 Å². The molecule has 0 unspecified atom stereocenters. The average Bonchev–Trinajstić information content (AvgIpc) is 2.17. The Balaban J connectivity index is 2.28. The van der Waals surface area contributed by atoms with Crippen molar-refractivity contribution in [3.8, 4) is 5.75 Å². The van der Waals surface area contributed by atoms with Crippen LogP contribution in [0.15, 0.2) is 18.2 Å². The number of benzene rings is 1. The number of nitrogens with two attached hydrogens (primary N) is 1. The van der Waals surface area contributed by atoms with Crippen LogP contribution >= 0.6 is 0 Å². The standard InChI is InChI=1S/C9H11N3O2/c10-5-11-6-1-2-8-7(3-6)12-9(13)4-14-8/h1-3,11H,4-5,10H2,(H,12,13). The van der Waals surface area contributed by atoms with Crippen LogP contribution in [-0.4, -0.2) is 19.2 Å². The van der Waals surface area contributed by atoms with E-state index < -0.39 is 0 Å². The second-order valence-corrected chi connectivity index (χ2v) is 2.93. The van der Waals surface area contributed by atoms with Crippen LogP contribution < -0.4 is 21.1 Å². The van der Waals surface area contributed by atoms with Crippen LogP contribution in [0.25, 0.3) is 0 Å². The van der Waals surface area contributed by atoms with Crippen molar-refractivity contribution in [3.63, 3.8) is 0 Å². The van der Waals surface area contributed by atoms with Gasteiger partial charge in [0.1, 0.15) is 5.75 Å². The molecule has 74 valence electrons. The summed E-state index contributed by atoms with van der Waals surface area (Å²) in [7, 11) is 0. The van der Waals surface area contributed by atoms with Gasteiger partial charge in [-0.05, 0) is 18.2 Å². The Morgan fingerprint density at radius 2 is 2.43 bits per heavy atom. The third kappa shape index (κ3) is 1.62. The quantitative estimate of drug-likeness (QED) is 0.592. The van der Waals surface area contributed by atoms with Crippen LogP contribution in [-0.2, 0) is 4.79 Å². The topological polar surface area (TPSA) is 76.4 Å². The summed E-state index contributed by atoms with van der Waals surface area (Å²) >= 11 is 0. The van der Waals surface area contributed by atoms with Gasteiger partial charge in [-0.25, -0.2) is 0 Å². The number of amides is 1. The van der Waals surface area contributed by atoms with E-state index in [-0.39, 0.29) is 12.5 Å². The number of nitrogens with one attached hydrogen (secondary N) is 2. The fraction of sp³-hybridized carbons (Fsp3) is 0.222. The van der Waals surface area contributed by atoms with Gasteiger partial charge >= 0.3 is 0 Å². The maximum atomic E-state index is 11.0. The third-order valence-corrected chi connectivity index (χ3v) is 1.92. The van der Waals surface area contributed by atoms with Crippen LogP contribution in [0.5, 0.6) is 5.75 Å². The minimum atomic E-state index is -0.137. The highest BCUT2D eigenvalue weighted by atomic mass is 16.5. The summed E-state index contributed by atoms with van der Waals surface area (Å²) in [6, 6.07) is 5.44. The summed E-state index contributed by atoms with van der Waals surface area (Å²) in [5.74, 6) is 0.551. The Morgan fingerprint density at radius 3 is 3.21 bits per heavy atom. The van der Waals surface area contributed by atoms with Crippen molar-refractivity contribution in [2.24, 2.45) is 5.73 Å². The largest absolute Gasteiger partial charge is 0.482 e. The van der Waals surface area contributed by atoms with Crippen LogP contribution in [0.3, 0.4) is 0 Å². The average molecular weight is 193 g/mol. The van der Waals surface area contributed by atoms with Gasteiger partial charge in [-0.1, -0.05) is 0 Å². The van der Waals surface area contributed by atoms with Gasteiger partial charge in [0.2, 0.25) is 0 Å². The van der Waals surface area contributed by atoms with Gasteiger partial charge in [-0.3, -0.25) is 4.79 Å². The molecule has 4 N–H and O–H groups in total. The smallest absolute Gasteiger partial charge is 0.262 e. The van der Waals surface area contributed by atoms with Crippen LogP contribution in [0.4, 0.5) is 11.4 Å². The molecule has 2 rings (SSSR count). The van der Waals surface area contributed by atoms with Gasteiger partial charge in [0.05, 0.1) is 12.4 Å². The number of carbonyl (C=O) groups is 1. The molecule has 1 amide bonds. The number of rotatable bonds is 2. The lowest BCUT2D eigenvalue weighted by Crippen LogP contribution is -2.25. The first-order chi connectivity index (χ1) is 6.79. The van der Waals surface area contributed by atoms with E-state index in [1.54, 1.807) is 12.1 Å². The zero-order valence-electron chi connectivity index (χ0n) is 7.54. The predicted octanol–water partition coefficient (Wildman–Crippen LogP) is 0.346. The Kier molecular flexibility index (Phi) is 2.24. The molecule has 5 nitrogen and oxygen atoms in total. The van der Waals surface area contributed by atoms with Crippen molar-refractivity contribution >= 4 is 17.3 Å². The van der Waals surface area contributed by atoms with Gasteiger partial charge in [0, 0.05) is 5.69 Å². The van der Waals surface area contributed by atoms with Crippen molar-refractivity contribution in [1.82, 2.24) is 0 Å². The molecule has 1 heterocycles. The van der Waals surface area contributed by atoms with Crippen molar-refractivity contribution in [1.29, 1.82) is 0 Å². The lowest BCUT2D eigenvalue weighted by Gasteiger charge is -2.18. The molecule has 0 aliphatic carbocycles. The molecule has 1 aliphatic heterocycles. The molecule has 0 aromatic heterocycles. The molecule has 0 fully saturated rings. The summed E-state index contributed by atoms with van der Waals surface area (Å²) in [4.78, 5) is 11.0. The zero-order valence-corrected chi connectivity index (χ0v) is 7.54. The van der Waals surface area contributed by atoms with E-state index in [0.717, 1.165) is 5.69 Å². The highest BCUT2D eigenvalue weighted by Gasteiger charge is 2.15. The lowest BCUT2D eigenvalue weighted by molar-refractivity contribution is -0.118. The van der Waals surface area contributed by atoms with Crippen LogP contribution in [0.1, 0.15) is 0 Å². The van der Waals surface area contributed by atoms with Crippen molar-refractivity contribution in [2.75, 3.05) is 23.9 Å². The van der Waals surface area contributed by atoms with Crippen LogP contribution in [0, 0.1) is 0 Å². The number of anilines is 2. The van der Waals surface area contributed by atoms with E-state index in [9.17, 15) is 4.79 Å². The summed E-state index contributed by atoms with van der Waals surface area (Å²) in [6.07, 6.45) is 0. The Bertz CT molecular complexity index is 365. The van der Waals surface area contributed by atoms with Gasteiger partial charge in [0.25, 0.3) is 5.91 Å². The van der Waals surface area contributed by atoms with E-state index in [4.69, 9.17) is 10.5 Å².